The van der Waals surface area contributed by atoms with Crippen LogP contribution in [0.5, 0.6) is 5.75 Å². The van der Waals surface area contributed by atoms with E-state index in [1.807, 2.05) is 38.1 Å². The summed E-state index contributed by atoms with van der Waals surface area (Å²) in [6.07, 6.45) is 1.63. The van der Waals surface area contributed by atoms with Crippen molar-refractivity contribution >= 4 is 6.47 Å². The van der Waals surface area contributed by atoms with Gasteiger partial charge in [0.2, 0.25) is 0 Å². The molecule has 0 aromatic heterocycles. The topological polar surface area (TPSA) is 35.5 Å². The van der Waals surface area contributed by atoms with Crippen LogP contribution in [0.2, 0.25) is 0 Å². The average Bonchev–Trinajstić information content (AvgIpc) is 2.27. The molecule has 0 saturated heterocycles. The first-order valence-electron chi connectivity index (χ1n) is 5.25. The highest BCUT2D eigenvalue weighted by Crippen LogP contribution is 2.18. The van der Waals surface area contributed by atoms with E-state index in [1.54, 1.807) is 7.11 Å². The summed E-state index contributed by atoms with van der Waals surface area (Å²) in [7, 11) is 1.64. The van der Waals surface area contributed by atoms with Crippen LogP contribution in [0.3, 0.4) is 0 Å². The molecule has 0 heterocycles. The summed E-state index contributed by atoms with van der Waals surface area (Å²) in [5, 5.41) is 0. The van der Waals surface area contributed by atoms with E-state index in [4.69, 9.17) is 9.47 Å². The summed E-state index contributed by atoms with van der Waals surface area (Å²) < 4.78 is 9.94. The Morgan fingerprint density at radius 2 is 1.88 bits per heavy atom. The molecule has 16 heavy (non-hydrogen) atoms. The average molecular weight is 221 g/mol. The number of hydrogen-bond acceptors (Lipinski definition) is 3. The van der Waals surface area contributed by atoms with Gasteiger partial charge in [-0.1, -0.05) is 12.1 Å². The van der Waals surface area contributed by atoms with Crippen molar-refractivity contribution in [1.82, 2.24) is 0 Å². The van der Waals surface area contributed by atoms with Crippen molar-refractivity contribution in [3.63, 3.8) is 0 Å². The third-order valence-corrected chi connectivity index (χ3v) is 2.49. The lowest BCUT2D eigenvalue weighted by Gasteiger charge is -2.21. The highest BCUT2D eigenvalue weighted by atomic mass is 16.5. The fourth-order valence-corrected chi connectivity index (χ4v) is 1.40. The zero-order valence-corrected chi connectivity index (χ0v) is 9.95. The normalized spacial score (nSPS) is 10.9. The molecular formula is C13H17O3. The zero-order chi connectivity index (χ0) is 12.0. The Balaban J connectivity index is 2.50. The van der Waals surface area contributed by atoms with Crippen molar-refractivity contribution in [3.8, 4) is 5.75 Å². The Hall–Kier alpha value is -1.51. The third kappa shape index (κ3) is 3.93. The number of hydrogen-bond donors (Lipinski definition) is 0. The van der Waals surface area contributed by atoms with E-state index in [-0.39, 0.29) is 0 Å². The molecule has 87 valence electrons. The van der Waals surface area contributed by atoms with Crippen LogP contribution < -0.4 is 4.74 Å². The highest BCUT2D eigenvalue weighted by Gasteiger charge is 2.18. The van der Waals surface area contributed by atoms with Crippen LogP contribution in [0, 0.1) is 0 Å². The molecule has 3 nitrogen and oxygen atoms in total. The fraction of sp³-hybridized carbons (Fsp3) is 0.462. The molecule has 1 aromatic carbocycles. The largest absolute Gasteiger partial charge is 0.497 e. The van der Waals surface area contributed by atoms with Crippen molar-refractivity contribution in [2.24, 2.45) is 0 Å². The van der Waals surface area contributed by atoms with Crippen LogP contribution in [0.25, 0.3) is 0 Å². The molecule has 1 rings (SSSR count). The zero-order valence-electron chi connectivity index (χ0n) is 9.95. The molecule has 1 radical (unpaired) electrons. The summed E-state index contributed by atoms with van der Waals surface area (Å²) >= 11 is 0. The molecule has 0 spiro atoms. The molecule has 0 atom stereocenters. The van der Waals surface area contributed by atoms with Crippen molar-refractivity contribution in [1.29, 1.82) is 0 Å². The summed E-state index contributed by atoms with van der Waals surface area (Å²) in [6.45, 7) is 5.25. The number of benzene rings is 1. The lowest BCUT2D eigenvalue weighted by molar-refractivity contribution is 0.0805. The van der Waals surface area contributed by atoms with Crippen molar-refractivity contribution in [2.45, 2.75) is 32.3 Å². The van der Waals surface area contributed by atoms with Crippen LogP contribution in [0.1, 0.15) is 25.8 Å². The fourth-order valence-electron chi connectivity index (χ4n) is 1.40. The summed E-state index contributed by atoms with van der Waals surface area (Å²) in [5.41, 5.74) is 0.741. The molecule has 0 saturated carbocycles. The standard InChI is InChI=1S/C13H17O3/c1-13(2,16-10-14)9-8-11-4-6-12(15-3)7-5-11/h4-7H,8-9H2,1-3H3. The number of methoxy groups -OCH3 is 1. The molecule has 1 aromatic rings. The first kappa shape index (κ1) is 12.6. The van der Waals surface area contributed by atoms with Gasteiger partial charge in [-0.25, -0.2) is 4.79 Å². The molecule has 0 N–H and O–H groups in total. The Labute approximate surface area is 96.4 Å². The molecule has 0 bridgehead atoms. The van der Waals surface area contributed by atoms with E-state index in [1.165, 1.54) is 12.0 Å². The van der Waals surface area contributed by atoms with Crippen LogP contribution in [-0.4, -0.2) is 19.2 Å². The Kier molecular flexibility index (Phi) is 4.35. The summed E-state index contributed by atoms with van der Waals surface area (Å²) in [4.78, 5) is 10.2. The maximum Gasteiger partial charge on any atom is 0.418 e. The second kappa shape index (κ2) is 5.54. The van der Waals surface area contributed by atoms with Gasteiger partial charge in [0.1, 0.15) is 11.4 Å². The predicted octanol–water partition coefficient (Wildman–Crippen LogP) is 2.49. The molecule has 0 aliphatic rings. The minimum atomic E-state index is -0.457. The molecule has 0 unspecified atom stereocenters. The van der Waals surface area contributed by atoms with Crippen molar-refractivity contribution in [2.75, 3.05) is 7.11 Å². The second-order valence-corrected chi connectivity index (χ2v) is 4.29. The van der Waals surface area contributed by atoms with E-state index in [0.29, 0.717) is 0 Å². The number of carbonyl (C=O) groups excluding carboxylic acids is 1. The van der Waals surface area contributed by atoms with Gasteiger partial charge in [-0.15, -0.1) is 0 Å². The first-order valence-corrected chi connectivity index (χ1v) is 5.25. The Morgan fingerprint density at radius 3 is 2.38 bits per heavy atom. The molecular weight excluding hydrogens is 204 g/mol. The van der Waals surface area contributed by atoms with Gasteiger partial charge in [-0.05, 0) is 44.4 Å². The SMILES string of the molecule is COc1ccc(CCC(C)(C)O[C]=O)cc1. The molecule has 0 fully saturated rings. The van der Waals surface area contributed by atoms with Crippen molar-refractivity contribution < 1.29 is 14.3 Å². The van der Waals surface area contributed by atoms with Crippen LogP contribution in [-0.2, 0) is 16.0 Å². The van der Waals surface area contributed by atoms with Gasteiger partial charge in [0.05, 0.1) is 7.11 Å². The minimum Gasteiger partial charge on any atom is -0.497 e. The predicted molar refractivity (Wildman–Crippen MR) is 62.2 cm³/mol. The molecule has 3 heteroatoms. The smallest absolute Gasteiger partial charge is 0.418 e. The van der Waals surface area contributed by atoms with Crippen LogP contribution in [0.4, 0.5) is 0 Å². The number of aryl methyl sites for hydroxylation is 1. The first-order chi connectivity index (χ1) is 7.57. The van der Waals surface area contributed by atoms with E-state index in [9.17, 15) is 4.79 Å². The van der Waals surface area contributed by atoms with Crippen molar-refractivity contribution in [3.05, 3.63) is 29.8 Å². The minimum absolute atomic E-state index is 0.457. The summed E-state index contributed by atoms with van der Waals surface area (Å²) in [6, 6.07) is 7.88. The lowest BCUT2D eigenvalue weighted by atomic mass is 9.98. The number of rotatable bonds is 6. The maximum atomic E-state index is 10.2. The third-order valence-electron chi connectivity index (χ3n) is 2.49. The van der Waals surface area contributed by atoms with Gasteiger partial charge < -0.3 is 9.47 Å². The quantitative estimate of drug-likeness (QED) is 0.740. The molecule has 0 aliphatic carbocycles. The van der Waals surface area contributed by atoms with Gasteiger partial charge >= 0.3 is 6.47 Å². The monoisotopic (exact) mass is 221 g/mol. The van der Waals surface area contributed by atoms with E-state index >= 15 is 0 Å². The maximum absolute atomic E-state index is 10.2. The van der Waals surface area contributed by atoms with Gasteiger partial charge in [-0.3, -0.25) is 0 Å². The summed E-state index contributed by atoms with van der Waals surface area (Å²) in [5.74, 6) is 0.848. The van der Waals surface area contributed by atoms with Gasteiger partial charge in [0.25, 0.3) is 0 Å². The van der Waals surface area contributed by atoms with E-state index in [2.05, 4.69) is 0 Å². The van der Waals surface area contributed by atoms with Gasteiger partial charge in [0, 0.05) is 0 Å². The van der Waals surface area contributed by atoms with E-state index < -0.39 is 5.60 Å². The number of ether oxygens (including phenoxy) is 2. The molecule has 0 amide bonds. The lowest BCUT2D eigenvalue weighted by Crippen LogP contribution is -2.24. The second-order valence-electron chi connectivity index (χ2n) is 4.29. The van der Waals surface area contributed by atoms with Gasteiger partial charge in [0.15, 0.2) is 0 Å². The Morgan fingerprint density at radius 1 is 1.25 bits per heavy atom. The van der Waals surface area contributed by atoms with Gasteiger partial charge in [-0.2, -0.15) is 0 Å². The Bertz CT molecular complexity index is 328. The van der Waals surface area contributed by atoms with Crippen LogP contribution >= 0.6 is 0 Å². The molecule has 0 aliphatic heterocycles. The van der Waals surface area contributed by atoms with E-state index in [0.717, 1.165) is 18.6 Å². The van der Waals surface area contributed by atoms with Crippen LogP contribution in [0.15, 0.2) is 24.3 Å². The highest BCUT2D eigenvalue weighted by molar-refractivity contribution is 5.39.